The Hall–Kier alpha value is -2.34. The Bertz CT molecular complexity index is 1140. The summed E-state index contributed by atoms with van der Waals surface area (Å²) in [6.45, 7) is 14.1. The quantitative estimate of drug-likeness (QED) is 0.286. The first-order valence-electron chi connectivity index (χ1n) is 14.6. The Labute approximate surface area is 221 Å². The molecule has 0 unspecified atom stereocenters. The number of rotatable bonds is 9. The van der Waals surface area contributed by atoms with Crippen molar-refractivity contribution in [2.45, 2.75) is 111 Å². The van der Waals surface area contributed by atoms with Gasteiger partial charge >= 0.3 is 0 Å². The standard InChI is InChI=1S/C36H48/c1-7-21-36(5,6)35-12-10-9-11-33(35)25-34-23-28(16-15-27(34)4)22-31-19-20-32(24-29(31)8-2)30-17-13-26(3)14-18-30/h9-12,15-16,19-20,23-24,26,30H,7-8,13-14,17-18,21-22,25H2,1-6H3. The van der Waals surface area contributed by atoms with Gasteiger partial charge < -0.3 is 0 Å². The molecule has 0 heterocycles. The molecular formula is C36H48. The molecule has 1 aliphatic rings. The molecule has 0 spiro atoms. The topological polar surface area (TPSA) is 0 Å². The van der Waals surface area contributed by atoms with Crippen molar-refractivity contribution in [3.05, 3.63) is 105 Å². The fourth-order valence-electron chi connectivity index (χ4n) is 6.54. The summed E-state index contributed by atoms with van der Waals surface area (Å²) in [7, 11) is 0. The van der Waals surface area contributed by atoms with Crippen LogP contribution in [0.3, 0.4) is 0 Å². The summed E-state index contributed by atoms with van der Waals surface area (Å²) in [5.41, 5.74) is 12.1. The minimum absolute atomic E-state index is 0.213. The van der Waals surface area contributed by atoms with E-state index in [0.29, 0.717) is 0 Å². The molecule has 4 rings (SSSR count). The van der Waals surface area contributed by atoms with Crippen molar-refractivity contribution in [1.29, 1.82) is 0 Å². The highest BCUT2D eigenvalue weighted by molar-refractivity contribution is 5.43. The third kappa shape index (κ3) is 6.31. The summed E-state index contributed by atoms with van der Waals surface area (Å²) in [6, 6.07) is 23.7. The highest BCUT2D eigenvalue weighted by atomic mass is 14.3. The summed E-state index contributed by atoms with van der Waals surface area (Å²) < 4.78 is 0. The monoisotopic (exact) mass is 480 g/mol. The maximum absolute atomic E-state index is 2.54. The normalized spacial score (nSPS) is 18.4. The Morgan fingerprint density at radius 3 is 2.22 bits per heavy atom. The van der Waals surface area contributed by atoms with Gasteiger partial charge in [0.05, 0.1) is 0 Å². The van der Waals surface area contributed by atoms with Crippen LogP contribution < -0.4 is 0 Å². The first kappa shape index (κ1) is 26.7. The molecule has 0 N–H and O–H groups in total. The minimum atomic E-state index is 0.213. The molecule has 36 heavy (non-hydrogen) atoms. The van der Waals surface area contributed by atoms with Crippen LogP contribution in [0, 0.1) is 12.8 Å². The molecule has 3 aromatic carbocycles. The molecule has 0 saturated heterocycles. The highest BCUT2D eigenvalue weighted by Crippen LogP contribution is 2.37. The fraction of sp³-hybridized carbons (Fsp3) is 0.500. The summed E-state index contributed by atoms with van der Waals surface area (Å²) in [5.74, 6) is 1.68. The third-order valence-electron chi connectivity index (χ3n) is 8.91. The average Bonchev–Trinajstić information content (AvgIpc) is 2.87. The Balaban J connectivity index is 1.56. The number of hydrogen-bond donors (Lipinski definition) is 0. The van der Waals surface area contributed by atoms with Gasteiger partial charge in [-0.1, -0.05) is 115 Å². The van der Waals surface area contributed by atoms with E-state index < -0.39 is 0 Å². The summed E-state index contributed by atoms with van der Waals surface area (Å²) in [6.07, 6.45) is 11.1. The Morgan fingerprint density at radius 1 is 0.750 bits per heavy atom. The van der Waals surface area contributed by atoms with E-state index in [1.54, 1.807) is 11.1 Å². The molecule has 1 saturated carbocycles. The molecule has 192 valence electrons. The molecular weight excluding hydrogens is 432 g/mol. The van der Waals surface area contributed by atoms with E-state index in [1.807, 2.05) is 0 Å². The second kappa shape index (κ2) is 11.8. The lowest BCUT2D eigenvalue weighted by Gasteiger charge is -2.28. The smallest absolute Gasteiger partial charge is 0.00201 e. The lowest BCUT2D eigenvalue weighted by Crippen LogP contribution is -2.19. The molecule has 0 atom stereocenters. The summed E-state index contributed by atoms with van der Waals surface area (Å²) in [4.78, 5) is 0. The van der Waals surface area contributed by atoms with Crippen molar-refractivity contribution in [2.75, 3.05) is 0 Å². The first-order chi connectivity index (χ1) is 17.3. The first-order valence-corrected chi connectivity index (χ1v) is 14.6. The van der Waals surface area contributed by atoms with E-state index in [2.05, 4.69) is 102 Å². The Morgan fingerprint density at radius 2 is 1.50 bits per heavy atom. The predicted molar refractivity (Wildman–Crippen MR) is 157 cm³/mol. The van der Waals surface area contributed by atoms with E-state index in [-0.39, 0.29) is 5.41 Å². The zero-order valence-corrected chi connectivity index (χ0v) is 23.8. The lowest BCUT2D eigenvalue weighted by molar-refractivity contribution is 0.348. The van der Waals surface area contributed by atoms with Gasteiger partial charge in [-0.3, -0.25) is 0 Å². The molecule has 0 radical (unpaired) electrons. The zero-order valence-electron chi connectivity index (χ0n) is 23.8. The summed E-state index contributed by atoms with van der Waals surface area (Å²) >= 11 is 0. The second-order valence-electron chi connectivity index (χ2n) is 12.2. The fourth-order valence-corrected chi connectivity index (χ4v) is 6.54. The van der Waals surface area contributed by atoms with Crippen LogP contribution in [0.4, 0.5) is 0 Å². The van der Waals surface area contributed by atoms with Crippen molar-refractivity contribution >= 4 is 0 Å². The molecule has 1 aliphatic carbocycles. The molecule has 0 amide bonds. The van der Waals surface area contributed by atoms with Crippen LogP contribution in [0.2, 0.25) is 0 Å². The Kier molecular flexibility index (Phi) is 8.76. The lowest BCUT2D eigenvalue weighted by atomic mass is 9.77. The van der Waals surface area contributed by atoms with Gasteiger partial charge in [0.1, 0.15) is 0 Å². The van der Waals surface area contributed by atoms with Gasteiger partial charge in [-0.05, 0) is 107 Å². The van der Waals surface area contributed by atoms with Crippen LogP contribution >= 0.6 is 0 Å². The van der Waals surface area contributed by atoms with Gasteiger partial charge in [-0.15, -0.1) is 0 Å². The van der Waals surface area contributed by atoms with E-state index >= 15 is 0 Å². The van der Waals surface area contributed by atoms with Crippen LogP contribution in [0.1, 0.15) is 124 Å². The maximum Gasteiger partial charge on any atom is -0.00201 e. The van der Waals surface area contributed by atoms with Crippen molar-refractivity contribution in [2.24, 2.45) is 5.92 Å². The van der Waals surface area contributed by atoms with Gasteiger partial charge in [0.25, 0.3) is 0 Å². The maximum atomic E-state index is 2.54. The van der Waals surface area contributed by atoms with Gasteiger partial charge in [0.15, 0.2) is 0 Å². The van der Waals surface area contributed by atoms with Crippen LogP contribution in [-0.2, 0) is 24.7 Å². The highest BCUT2D eigenvalue weighted by Gasteiger charge is 2.23. The molecule has 0 heteroatoms. The molecule has 0 nitrogen and oxygen atoms in total. The number of aryl methyl sites for hydroxylation is 2. The van der Waals surface area contributed by atoms with Gasteiger partial charge in [0.2, 0.25) is 0 Å². The van der Waals surface area contributed by atoms with Crippen LogP contribution in [-0.4, -0.2) is 0 Å². The third-order valence-corrected chi connectivity index (χ3v) is 8.91. The van der Waals surface area contributed by atoms with E-state index in [1.165, 1.54) is 71.9 Å². The number of benzene rings is 3. The average molecular weight is 481 g/mol. The van der Waals surface area contributed by atoms with E-state index in [9.17, 15) is 0 Å². The van der Waals surface area contributed by atoms with Crippen LogP contribution in [0.5, 0.6) is 0 Å². The van der Waals surface area contributed by atoms with E-state index in [4.69, 9.17) is 0 Å². The molecule has 0 aromatic heterocycles. The van der Waals surface area contributed by atoms with Crippen molar-refractivity contribution in [3.8, 4) is 0 Å². The van der Waals surface area contributed by atoms with Gasteiger partial charge in [-0.25, -0.2) is 0 Å². The SMILES string of the molecule is CCCC(C)(C)c1ccccc1Cc1cc(Cc2ccc(C3CCC(C)CC3)cc2CC)ccc1C. The summed E-state index contributed by atoms with van der Waals surface area (Å²) in [5, 5.41) is 0. The minimum Gasteiger partial charge on any atom is -0.0654 e. The molecule has 0 bridgehead atoms. The van der Waals surface area contributed by atoms with Crippen LogP contribution in [0.25, 0.3) is 0 Å². The predicted octanol–water partition coefficient (Wildman–Crippen LogP) is 10.1. The van der Waals surface area contributed by atoms with Crippen molar-refractivity contribution < 1.29 is 0 Å². The molecule has 1 fully saturated rings. The van der Waals surface area contributed by atoms with Gasteiger partial charge in [0, 0.05) is 0 Å². The van der Waals surface area contributed by atoms with Crippen molar-refractivity contribution in [1.82, 2.24) is 0 Å². The van der Waals surface area contributed by atoms with E-state index in [0.717, 1.165) is 31.1 Å². The second-order valence-corrected chi connectivity index (χ2v) is 12.2. The van der Waals surface area contributed by atoms with Crippen LogP contribution in [0.15, 0.2) is 60.7 Å². The number of hydrogen-bond acceptors (Lipinski definition) is 0. The molecule has 0 aliphatic heterocycles. The molecule has 3 aromatic rings. The largest absolute Gasteiger partial charge is 0.0654 e. The van der Waals surface area contributed by atoms with Crippen molar-refractivity contribution in [3.63, 3.8) is 0 Å². The van der Waals surface area contributed by atoms with Gasteiger partial charge in [-0.2, -0.15) is 0 Å². The zero-order chi connectivity index (χ0) is 25.7.